The Morgan fingerprint density at radius 1 is 1.17 bits per heavy atom. The molecule has 0 amide bonds. The maximum absolute atomic E-state index is 14.6. The quantitative estimate of drug-likeness (QED) is 0.243. The van der Waals surface area contributed by atoms with Gasteiger partial charge in [0, 0.05) is 30.0 Å². The van der Waals surface area contributed by atoms with Crippen molar-refractivity contribution in [2.24, 2.45) is 0 Å². The number of hydrogen-bond donors (Lipinski definition) is 0. The van der Waals surface area contributed by atoms with Crippen LogP contribution >= 0.6 is 0 Å². The van der Waals surface area contributed by atoms with Gasteiger partial charge >= 0.3 is 0 Å². The van der Waals surface area contributed by atoms with Gasteiger partial charge in [0.05, 0.1) is 6.10 Å². The van der Waals surface area contributed by atoms with Gasteiger partial charge in [0.25, 0.3) is 0 Å². The first-order valence-electron chi connectivity index (χ1n) is 10.9. The first-order valence-corrected chi connectivity index (χ1v) is 10.9. The van der Waals surface area contributed by atoms with Crippen LogP contribution in [0.5, 0.6) is 5.88 Å². The summed E-state index contributed by atoms with van der Waals surface area (Å²) in [7, 11) is 0. The molecule has 0 radical (unpaired) electrons. The number of benzene rings is 1. The Morgan fingerprint density at radius 3 is 2.73 bits per heavy atom. The summed E-state index contributed by atoms with van der Waals surface area (Å²) in [6.07, 6.45) is 14.3. The van der Waals surface area contributed by atoms with Crippen LogP contribution in [-0.4, -0.2) is 24.3 Å². The molecular formula is C26H34FNO2. The Kier molecular flexibility index (Phi) is 10.9. The maximum atomic E-state index is 14.6. The van der Waals surface area contributed by atoms with Crippen LogP contribution in [0.25, 0.3) is 17.2 Å². The number of pyridine rings is 1. The van der Waals surface area contributed by atoms with Gasteiger partial charge in [0.1, 0.15) is 12.4 Å². The van der Waals surface area contributed by atoms with Gasteiger partial charge in [0.15, 0.2) is 0 Å². The second-order valence-corrected chi connectivity index (χ2v) is 7.45. The van der Waals surface area contributed by atoms with Crippen LogP contribution in [0, 0.1) is 5.82 Å². The average Bonchev–Trinajstić information content (AvgIpc) is 2.75. The first-order chi connectivity index (χ1) is 14.6. The molecule has 1 atom stereocenters. The molecule has 162 valence electrons. The average molecular weight is 412 g/mol. The first kappa shape index (κ1) is 23.8. The summed E-state index contributed by atoms with van der Waals surface area (Å²) in [5, 5.41) is 0. The molecule has 0 bridgehead atoms. The van der Waals surface area contributed by atoms with Crippen LogP contribution < -0.4 is 4.74 Å². The fourth-order valence-corrected chi connectivity index (χ4v) is 3.10. The molecule has 0 saturated carbocycles. The molecule has 2 aromatic rings. The van der Waals surface area contributed by atoms with Crippen LogP contribution in [0.15, 0.2) is 55.3 Å². The minimum absolute atomic E-state index is 0.257. The van der Waals surface area contributed by atoms with E-state index in [2.05, 4.69) is 31.5 Å². The topological polar surface area (TPSA) is 31.4 Å². The van der Waals surface area contributed by atoms with Crippen LogP contribution in [0.3, 0.4) is 0 Å². The smallest absolute Gasteiger partial charge is 0.213 e. The van der Waals surface area contributed by atoms with Crippen molar-refractivity contribution in [3.63, 3.8) is 0 Å². The van der Waals surface area contributed by atoms with E-state index in [1.54, 1.807) is 30.5 Å². The van der Waals surface area contributed by atoms with Crippen molar-refractivity contribution in [1.29, 1.82) is 0 Å². The van der Waals surface area contributed by atoms with Gasteiger partial charge in [-0.3, -0.25) is 0 Å². The predicted molar refractivity (Wildman–Crippen MR) is 123 cm³/mol. The fourth-order valence-electron chi connectivity index (χ4n) is 3.10. The maximum Gasteiger partial charge on any atom is 0.213 e. The van der Waals surface area contributed by atoms with E-state index in [1.165, 1.54) is 12.8 Å². The highest BCUT2D eigenvalue weighted by atomic mass is 19.1. The van der Waals surface area contributed by atoms with Crippen LogP contribution in [0.4, 0.5) is 4.39 Å². The molecule has 2 rings (SSSR count). The van der Waals surface area contributed by atoms with Crippen molar-refractivity contribution in [3.05, 3.63) is 66.6 Å². The van der Waals surface area contributed by atoms with Gasteiger partial charge in [-0.05, 0) is 50.3 Å². The third-order valence-corrected chi connectivity index (χ3v) is 4.83. The Hall–Kier alpha value is -2.46. The third kappa shape index (κ3) is 8.50. The highest BCUT2D eigenvalue weighted by molar-refractivity contribution is 5.66. The third-order valence-electron chi connectivity index (χ3n) is 4.83. The van der Waals surface area contributed by atoms with E-state index in [0.717, 1.165) is 43.4 Å². The Labute approximate surface area is 180 Å². The molecule has 0 spiro atoms. The lowest BCUT2D eigenvalue weighted by molar-refractivity contribution is 0.0566. The molecule has 3 nitrogen and oxygen atoms in total. The lowest BCUT2D eigenvalue weighted by Crippen LogP contribution is -2.08. The zero-order chi connectivity index (χ0) is 21.6. The molecule has 1 aromatic heterocycles. The number of unbranched alkanes of at least 4 members (excludes halogenated alkanes) is 3. The Morgan fingerprint density at radius 2 is 2.03 bits per heavy atom. The molecule has 1 aromatic carbocycles. The number of aromatic nitrogens is 1. The van der Waals surface area contributed by atoms with Crippen molar-refractivity contribution in [3.8, 4) is 17.0 Å². The van der Waals surface area contributed by atoms with E-state index in [9.17, 15) is 4.39 Å². The minimum atomic E-state index is -0.257. The number of rotatable bonds is 14. The van der Waals surface area contributed by atoms with Crippen molar-refractivity contribution in [2.75, 3.05) is 13.2 Å². The second kappa shape index (κ2) is 13.7. The summed E-state index contributed by atoms with van der Waals surface area (Å²) in [6, 6.07) is 8.83. The molecular weight excluding hydrogens is 377 g/mol. The van der Waals surface area contributed by atoms with E-state index in [0.29, 0.717) is 24.2 Å². The molecule has 4 heteroatoms. The highest BCUT2D eigenvalue weighted by Gasteiger charge is 2.07. The van der Waals surface area contributed by atoms with Crippen molar-refractivity contribution < 1.29 is 13.9 Å². The fraction of sp³-hybridized carbons (Fsp3) is 0.423. The molecule has 0 aliphatic carbocycles. The van der Waals surface area contributed by atoms with Gasteiger partial charge in [-0.1, -0.05) is 56.7 Å². The van der Waals surface area contributed by atoms with E-state index in [4.69, 9.17) is 9.47 Å². The number of hydrogen-bond acceptors (Lipinski definition) is 3. The van der Waals surface area contributed by atoms with E-state index >= 15 is 0 Å². The molecule has 1 unspecified atom stereocenters. The van der Waals surface area contributed by atoms with Crippen molar-refractivity contribution in [1.82, 2.24) is 4.98 Å². The van der Waals surface area contributed by atoms with Crippen LogP contribution in [0.1, 0.15) is 57.9 Å². The SMILES string of the molecule is C=CCOc1ccc(-c2ccc(C=CCCCC(C)OCCCCC)cc2F)cn1. The standard InChI is InChI=1S/C26H34FNO2/c1-4-6-10-18-29-21(3)11-8-7-9-12-22-13-15-24(25(27)19-22)23-14-16-26(28-20-23)30-17-5-2/h5,9,12-16,19-21H,2,4,6-8,10-11,17-18H2,1,3H3. The van der Waals surface area contributed by atoms with E-state index < -0.39 is 0 Å². The number of allylic oxidation sites excluding steroid dienone is 1. The van der Waals surface area contributed by atoms with Crippen molar-refractivity contribution >= 4 is 6.08 Å². The summed E-state index contributed by atoms with van der Waals surface area (Å²) in [5.41, 5.74) is 2.12. The van der Waals surface area contributed by atoms with Gasteiger partial charge < -0.3 is 9.47 Å². The Bertz CT molecular complexity index is 786. The normalized spacial score (nSPS) is 12.2. The molecule has 0 aliphatic heterocycles. The lowest BCUT2D eigenvalue weighted by Gasteiger charge is -2.12. The minimum Gasteiger partial charge on any atom is -0.473 e. The van der Waals surface area contributed by atoms with Gasteiger partial charge in [-0.25, -0.2) is 9.37 Å². The number of halogens is 1. The highest BCUT2D eigenvalue weighted by Crippen LogP contribution is 2.25. The summed E-state index contributed by atoms with van der Waals surface area (Å²) in [6.45, 7) is 9.19. The largest absolute Gasteiger partial charge is 0.473 e. The van der Waals surface area contributed by atoms with Crippen molar-refractivity contribution in [2.45, 2.75) is 58.5 Å². The van der Waals surface area contributed by atoms with Gasteiger partial charge in [-0.2, -0.15) is 0 Å². The molecule has 0 N–H and O–H groups in total. The number of nitrogens with zero attached hydrogens (tertiary/aromatic N) is 1. The van der Waals surface area contributed by atoms with Gasteiger partial charge in [-0.15, -0.1) is 0 Å². The zero-order valence-electron chi connectivity index (χ0n) is 18.3. The Balaban J connectivity index is 1.80. The molecule has 1 heterocycles. The summed E-state index contributed by atoms with van der Waals surface area (Å²) < 4.78 is 25.7. The van der Waals surface area contributed by atoms with E-state index in [-0.39, 0.29) is 5.82 Å². The van der Waals surface area contributed by atoms with Crippen LogP contribution in [-0.2, 0) is 4.74 Å². The van der Waals surface area contributed by atoms with E-state index in [1.807, 2.05) is 18.2 Å². The lowest BCUT2D eigenvalue weighted by atomic mass is 10.0. The monoisotopic (exact) mass is 411 g/mol. The molecule has 0 saturated heterocycles. The number of ether oxygens (including phenoxy) is 2. The summed E-state index contributed by atoms with van der Waals surface area (Å²) in [4.78, 5) is 4.21. The second-order valence-electron chi connectivity index (χ2n) is 7.45. The van der Waals surface area contributed by atoms with Crippen LogP contribution in [0.2, 0.25) is 0 Å². The summed E-state index contributed by atoms with van der Waals surface area (Å²) >= 11 is 0. The van der Waals surface area contributed by atoms with Gasteiger partial charge in [0.2, 0.25) is 5.88 Å². The summed E-state index contributed by atoms with van der Waals surface area (Å²) in [5.74, 6) is 0.243. The molecule has 30 heavy (non-hydrogen) atoms. The predicted octanol–water partition coefficient (Wildman–Crippen LogP) is 7.23. The zero-order valence-corrected chi connectivity index (χ0v) is 18.3. The molecule has 0 fully saturated rings. The molecule has 0 aliphatic rings.